The lowest BCUT2D eigenvalue weighted by molar-refractivity contribution is 0.101. The Morgan fingerprint density at radius 1 is 1.58 bits per heavy atom. The molecule has 0 unspecified atom stereocenters. The van der Waals surface area contributed by atoms with E-state index in [4.69, 9.17) is 5.26 Å². The molecule has 0 aliphatic carbocycles. The molecule has 0 N–H and O–H groups in total. The van der Waals surface area contributed by atoms with Crippen molar-refractivity contribution in [3.63, 3.8) is 0 Å². The molecule has 1 aromatic carbocycles. The van der Waals surface area contributed by atoms with Gasteiger partial charge in [0.25, 0.3) is 0 Å². The summed E-state index contributed by atoms with van der Waals surface area (Å²) in [6, 6.07) is 6.92. The fourth-order valence-corrected chi connectivity index (χ4v) is 1.39. The van der Waals surface area contributed by atoms with Crippen molar-refractivity contribution in [2.24, 2.45) is 0 Å². The summed E-state index contributed by atoms with van der Waals surface area (Å²) in [5, 5.41) is 8.56. The lowest BCUT2D eigenvalue weighted by Gasteiger charge is -1.98. The zero-order valence-electron chi connectivity index (χ0n) is 6.47. The molecule has 1 aromatic rings. The second kappa shape index (κ2) is 3.51. The molecule has 0 fully saturated rings. The van der Waals surface area contributed by atoms with Gasteiger partial charge in [-0.05, 0) is 25.1 Å². The highest BCUT2D eigenvalue weighted by atomic mass is 79.9. The first-order valence-corrected chi connectivity index (χ1v) is 4.15. The van der Waals surface area contributed by atoms with E-state index in [1.165, 1.54) is 6.92 Å². The largest absolute Gasteiger partial charge is 0.294 e. The van der Waals surface area contributed by atoms with Gasteiger partial charge >= 0.3 is 0 Å². The Balaban J connectivity index is 3.28. The van der Waals surface area contributed by atoms with Crippen LogP contribution in [0.1, 0.15) is 22.8 Å². The van der Waals surface area contributed by atoms with E-state index in [0.29, 0.717) is 11.1 Å². The summed E-state index contributed by atoms with van der Waals surface area (Å²) in [4.78, 5) is 11.0. The molecule has 60 valence electrons. The van der Waals surface area contributed by atoms with Gasteiger partial charge in [0.15, 0.2) is 5.78 Å². The third-order valence-electron chi connectivity index (χ3n) is 1.47. The molecule has 0 heterocycles. The number of rotatable bonds is 1. The van der Waals surface area contributed by atoms with Crippen molar-refractivity contribution in [2.45, 2.75) is 6.92 Å². The highest BCUT2D eigenvalue weighted by Gasteiger charge is 2.05. The molecule has 1 rings (SSSR count). The predicted molar refractivity (Wildman–Crippen MR) is 48.9 cm³/mol. The second-order valence-electron chi connectivity index (χ2n) is 2.36. The molecule has 0 saturated heterocycles. The van der Waals surface area contributed by atoms with Crippen LogP contribution < -0.4 is 0 Å². The van der Waals surface area contributed by atoms with Crippen LogP contribution in [0.15, 0.2) is 22.7 Å². The zero-order valence-corrected chi connectivity index (χ0v) is 8.05. The second-order valence-corrected chi connectivity index (χ2v) is 3.22. The Hall–Kier alpha value is -1.14. The van der Waals surface area contributed by atoms with Crippen LogP contribution in [0.5, 0.6) is 0 Å². The van der Waals surface area contributed by atoms with E-state index in [2.05, 4.69) is 15.9 Å². The summed E-state index contributed by atoms with van der Waals surface area (Å²) in [6.07, 6.45) is 0. The van der Waals surface area contributed by atoms with Crippen molar-refractivity contribution in [1.29, 1.82) is 5.26 Å². The van der Waals surface area contributed by atoms with Crippen molar-refractivity contribution < 1.29 is 4.79 Å². The van der Waals surface area contributed by atoms with Gasteiger partial charge in [-0.1, -0.05) is 15.9 Å². The molecular formula is C9H6BrNO. The van der Waals surface area contributed by atoms with E-state index in [1.807, 2.05) is 6.07 Å². The molecule has 0 bridgehead atoms. The highest BCUT2D eigenvalue weighted by Crippen LogP contribution is 2.18. The predicted octanol–water partition coefficient (Wildman–Crippen LogP) is 2.52. The van der Waals surface area contributed by atoms with Crippen LogP contribution in [-0.4, -0.2) is 5.78 Å². The first-order valence-electron chi connectivity index (χ1n) is 3.35. The van der Waals surface area contributed by atoms with Gasteiger partial charge in [-0.15, -0.1) is 0 Å². The number of halogens is 1. The van der Waals surface area contributed by atoms with Crippen molar-refractivity contribution in [2.75, 3.05) is 0 Å². The van der Waals surface area contributed by atoms with Crippen LogP contribution in [0, 0.1) is 11.3 Å². The normalized spacial score (nSPS) is 9.08. The first-order chi connectivity index (χ1) is 5.65. The van der Waals surface area contributed by atoms with E-state index >= 15 is 0 Å². The lowest BCUT2D eigenvalue weighted by atomic mass is 10.1. The Bertz CT molecular complexity index is 365. The molecule has 0 aliphatic rings. The van der Waals surface area contributed by atoms with Crippen molar-refractivity contribution in [3.05, 3.63) is 33.8 Å². The van der Waals surface area contributed by atoms with E-state index in [0.717, 1.165) is 4.47 Å². The number of Topliss-reactive ketones (excluding diaryl/α,β-unsaturated/α-hetero) is 1. The first kappa shape index (κ1) is 8.95. The number of nitriles is 1. The maximum Gasteiger partial charge on any atom is 0.160 e. The van der Waals surface area contributed by atoms with Gasteiger partial charge in [-0.25, -0.2) is 0 Å². The van der Waals surface area contributed by atoms with Gasteiger partial charge < -0.3 is 0 Å². The summed E-state index contributed by atoms with van der Waals surface area (Å²) >= 11 is 3.23. The minimum atomic E-state index is -0.0426. The summed E-state index contributed by atoms with van der Waals surface area (Å²) in [5.41, 5.74) is 1.05. The van der Waals surface area contributed by atoms with Crippen molar-refractivity contribution in [1.82, 2.24) is 0 Å². The molecule has 0 aliphatic heterocycles. The molecule has 0 amide bonds. The van der Waals surface area contributed by atoms with Gasteiger partial charge in [0.2, 0.25) is 0 Å². The summed E-state index contributed by atoms with van der Waals surface area (Å²) in [5.74, 6) is -0.0426. The Morgan fingerprint density at radius 3 is 2.75 bits per heavy atom. The molecule has 0 saturated carbocycles. The Labute approximate surface area is 78.9 Å². The fourth-order valence-electron chi connectivity index (χ4n) is 0.865. The highest BCUT2D eigenvalue weighted by molar-refractivity contribution is 9.10. The van der Waals surface area contributed by atoms with E-state index in [1.54, 1.807) is 18.2 Å². The Morgan fingerprint density at radius 2 is 2.25 bits per heavy atom. The van der Waals surface area contributed by atoms with Gasteiger partial charge in [-0.3, -0.25) is 4.79 Å². The van der Waals surface area contributed by atoms with Crippen LogP contribution >= 0.6 is 15.9 Å². The summed E-state index contributed by atoms with van der Waals surface area (Å²) in [6.45, 7) is 1.47. The maximum absolute atomic E-state index is 11.0. The number of hydrogen-bond acceptors (Lipinski definition) is 2. The SMILES string of the molecule is CC(=O)c1cc(C#N)ccc1Br. The van der Waals surface area contributed by atoms with Crippen molar-refractivity contribution in [3.8, 4) is 6.07 Å². The van der Waals surface area contributed by atoms with Gasteiger partial charge in [0.1, 0.15) is 0 Å². The number of nitrogens with zero attached hydrogens (tertiary/aromatic N) is 1. The molecule has 0 aromatic heterocycles. The fraction of sp³-hybridized carbons (Fsp3) is 0.111. The van der Waals surface area contributed by atoms with E-state index in [-0.39, 0.29) is 5.78 Å². The van der Waals surface area contributed by atoms with E-state index in [9.17, 15) is 4.79 Å². The summed E-state index contributed by atoms with van der Waals surface area (Å²) < 4.78 is 0.731. The Kier molecular flexibility index (Phi) is 2.61. The standard InChI is InChI=1S/C9H6BrNO/c1-6(12)8-4-7(5-11)2-3-9(8)10/h2-4H,1H3. The third kappa shape index (κ3) is 1.72. The number of ketones is 1. The molecule has 12 heavy (non-hydrogen) atoms. The maximum atomic E-state index is 11.0. The average Bonchev–Trinajstić information content (AvgIpc) is 2.05. The molecule has 0 radical (unpaired) electrons. The number of carbonyl (C=O) groups is 1. The van der Waals surface area contributed by atoms with Gasteiger partial charge in [0.05, 0.1) is 11.6 Å². The van der Waals surface area contributed by atoms with Crippen LogP contribution in [0.4, 0.5) is 0 Å². The van der Waals surface area contributed by atoms with Gasteiger partial charge in [-0.2, -0.15) is 5.26 Å². The average molecular weight is 224 g/mol. The molecule has 0 atom stereocenters. The molecular weight excluding hydrogens is 218 g/mol. The van der Waals surface area contributed by atoms with Crippen LogP contribution in [0.2, 0.25) is 0 Å². The summed E-state index contributed by atoms with van der Waals surface area (Å²) in [7, 11) is 0. The third-order valence-corrected chi connectivity index (χ3v) is 2.17. The van der Waals surface area contributed by atoms with Crippen LogP contribution in [-0.2, 0) is 0 Å². The minimum Gasteiger partial charge on any atom is -0.294 e. The monoisotopic (exact) mass is 223 g/mol. The zero-order chi connectivity index (χ0) is 9.14. The lowest BCUT2D eigenvalue weighted by Crippen LogP contribution is -1.93. The number of benzene rings is 1. The van der Waals surface area contributed by atoms with E-state index < -0.39 is 0 Å². The van der Waals surface area contributed by atoms with Crippen LogP contribution in [0.25, 0.3) is 0 Å². The molecule has 3 heteroatoms. The molecule has 2 nitrogen and oxygen atoms in total. The quantitative estimate of drug-likeness (QED) is 0.687. The van der Waals surface area contributed by atoms with Gasteiger partial charge in [0, 0.05) is 10.0 Å². The number of carbonyl (C=O) groups excluding carboxylic acids is 1. The topological polar surface area (TPSA) is 40.9 Å². The van der Waals surface area contributed by atoms with Crippen molar-refractivity contribution >= 4 is 21.7 Å². The smallest absolute Gasteiger partial charge is 0.160 e. The number of hydrogen-bond donors (Lipinski definition) is 0. The minimum absolute atomic E-state index is 0.0426. The van der Waals surface area contributed by atoms with Crippen LogP contribution in [0.3, 0.4) is 0 Å². The molecule has 0 spiro atoms.